The summed E-state index contributed by atoms with van der Waals surface area (Å²) in [4.78, 5) is 19.4. The molecule has 3 nitrogen and oxygen atoms in total. The van der Waals surface area contributed by atoms with Gasteiger partial charge in [0.2, 0.25) is 5.91 Å². The summed E-state index contributed by atoms with van der Waals surface area (Å²) in [5.41, 5.74) is 4.43. The summed E-state index contributed by atoms with van der Waals surface area (Å²) in [6.07, 6.45) is 10.1. The number of benzene rings is 1. The van der Waals surface area contributed by atoms with Gasteiger partial charge in [-0.25, -0.2) is 0 Å². The van der Waals surface area contributed by atoms with Crippen molar-refractivity contribution in [3.8, 4) is 12.3 Å². The minimum absolute atomic E-state index is 0.0909. The fourth-order valence-electron chi connectivity index (χ4n) is 3.31. The Morgan fingerprint density at radius 3 is 2.88 bits per heavy atom. The number of hydrogen-bond acceptors (Lipinski definition) is 2. The van der Waals surface area contributed by atoms with Crippen LogP contribution in [0.2, 0.25) is 0 Å². The second kappa shape index (κ2) is 7.31. The van der Waals surface area contributed by atoms with E-state index < -0.39 is 0 Å². The number of rotatable bonds is 4. The molecule has 0 radical (unpaired) electrons. The first-order chi connectivity index (χ1) is 11.7. The molecule has 1 atom stereocenters. The monoisotopic (exact) mass is 318 g/mol. The van der Waals surface area contributed by atoms with Gasteiger partial charge < -0.3 is 4.90 Å². The molecule has 1 aromatic heterocycles. The van der Waals surface area contributed by atoms with Crippen molar-refractivity contribution in [2.45, 2.75) is 38.6 Å². The van der Waals surface area contributed by atoms with E-state index in [0.29, 0.717) is 13.1 Å². The maximum Gasteiger partial charge on any atom is 0.232 e. The van der Waals surface area contributed by atoms with Crippen molar-refractivity contribution in [2.24, 2.45) is 0 Å². The third kappa shape index (κ3) is 3.49. The SMILES string of the molecule is C#CCN(Cc1ccc(C)cc1)C(=O)[C@H]1CCCc2cccnc21. The number of carbonyl (C=O) groups is 1. The van der Waals surface area contributed by atoms with Gasteiger partial charge in [-0.05, 0) is 43.4 Å². The van der Waals surface area contributed by atoms with Gasteiger partial charge in [-0.3, -0.25) is 9.78 Å². The van der Waals surface area contributed by atoms with E-state index in [0.717, 1.165) is 30.5 Å². The zero-order chi connectivity index (χ0) is 16.9. The molecule has 0 saturated heterocycles. The largest absolute Gasteiger partial charge is 0.327 e. The maximum absolute atomic E-state index is 13.1. The molecule has 0 unspecified atom stereocenters. The van der Waals surface area contributed by atoms with Gasteiger partial charge in [0, 0.05) is 12.7 Å². The maximum atomic E-state index is 13.1. The summed E-state index contributed by atoms with van der Waals surface area (Å²) in [7, 11) is 0. The molecule has 1 heterocycles. The van der Waals surface area contributed by atoms with Gasteiger partial charge in [0.25, 0.3) is 0 Å². The van der Waals surface area contributed by atoms with Crippen LogP contribution in [-0.4, -0.2) is 22.3 Å². The average Bonchev–Trinajstić information content (AvgIpc) is 2.62. The lowest BCUT2D eigenvalue weighted by molar-refractivity contribution is -0.133. The van der Waals surface area contributed by atoms with Crippen LogP contribution in [-0.2, 0) is 17.8 Å². The van der Waals surface area contributed by atoms with Gasteiger partial charge >= 0.3 is 0 Å². The fourth-order valence-corrected chi connectivity index (χ4v) is 3.31. The number of aryl methyl sites for hydroxylation is 2. The van der Waals surface area contributed by atoms with Gasteiger partial charge in [0.05, 0.1) is 18.2 Å². The predicted octanol–water partition coefficient (Wildman–Crippen LogP) is 3.47. The molecule has 0 bridgehead atoms. The first-order valence-corrected chi connectivity index (χ1v) is 8.40. The molecule has 1 amide bonds. The van der Waals surface area contributed by atoms with Crippen LogP contribution in [0.5, 0.6) is 0 Å². The average molecular weight is 318 g/mol. The van der Waals surface area contributed by atoms with Crippen LogP contribution >= 0.6 is 0 Å². The normalized spacial score (nSPS) is 16.1. The van der Waals surface area contributed by atoms with Crippen LogP contribution in [0.3, 0.4) is 0 Å². The third-order valence-corrected chi connectivity index (χ3v) is 4.58. The molecule has 0 spiro atoms. The molecular weight excluding hydrogens is 296 g/mol. The third-order valence-electron chi connectivity index (χ3n) is 4.58. The summed E-state index contributed by atoms with van der Waals surface area (Å²) in [6, 6.07) is 12.2. The summed E-state index contributed by atoms with van der Waals surface area (Å²) in [5.74, 6) is 2.55. The Labute approximate surface area is 143 Å². The van der Waals surface area contributed by atoms with E-state index in [1.54, 1.807) is 11.1 Å². The number of aromatic nitrogens is 1. The first kappa shape index (κ1) is 16.3. The van der Waals surface area contributed by atoms with Gasteiger partial charge in [0.1, 0.15) is 0 Å². The van der Waals surface area contributed by atoms with Crippen molar-refractivity contribution in [1.29, 1.82) is 0 Å². The van der Waals surface area contributed by atoms with E-state index >= 15 is 0 Å². The molecule has 1 aliphatic rings. The molecule has 1 aromatic carbocycles. The minimum Gasteiger partial charge on any atom is -0.327 e. The van der Waals surface area contributed by atoms with Crippen molar-refractivity contribution in [3.05, 3.63) is 65.0 Å². The second-order valence-electron chi connectivity index (χ2n) is 6.38. The first-order valence-electron chi connectivity index (χ1n) is 8.40. The number of amides is 1. The van der Waals surface area contributed by atoms with Crippen LogP contribution in [0, 0.1) is 19.3 Å². The van der Waals surface area contributed by atoms with Gasteiger partial charge in [0.15, 0.2) is 0 Å². The van der Waals surface area contributed by atoms with Crippen molar-refractivity contribution in [2.75, 3.05) is 6.54 Å². The number of hydrogen-bond donors (Lipinski definition) is 0. The summed E-state index contributed by atoms with van der Waals surface area (Å²) in [5, 5.41) is 0. The molecule has 122 valence electrons. The van der Waals surface area contributed by atoms with Crippen molar-refractivity contribution < 1.29 is 4.79 Å². The quantitative estimate of drug-likeness (QED) is 0.809. The van der Waals surface area contributed by atoms with E-state index in [-0.39, 0.29) is 11.8 Å². The molecule has 0 saturated carbocycles. The Bertz CT molecular complexity index is 758. The molecule has 0 fully saturated rings. The highest BCUT2D eigenvalue weighted by molar-refractivity contribution is 5.84. The molecule has 3 rings (SSSR count). The van der Waals surface area contributed by atoms with E-state index in [2.05, 4.69) is 48.2 Å². The van der Waals surface area contributed by atoms with Crippen LogP contribution < -0.4 is 0 Å². The van der Waals surface area contributed by atoms with Crippen LogP contribution in [0.25, 0.3) is 0 Å². The van der Waals surface area contributed by atoms with E-state index in [9.17, 15) is 4.79 Å². The highest BCUT2D eigenvalue weighted by Crippen LogP contribution is 2.31. The van der Waals surface area contributed by atoms with Crippen LogP contribution in [0.1, 0.15) is 41.1 Å². The zero-order valence-corrected chi connectivity index (χ0v) is 14.0. The smallest absolute Gasteiger partial charge is 0.232 e. The molecule has 2 aromatic rings. The number of nitrogens with zero attached hydrogens (tertiary/aromatic N) is 2. The Hall–Kier alpha value is -2.60. The Morgan fingerprint density at radius 2 is 2.12 bits per heavy atom. The lowest BCUT2D eigenvalue weighted by Crippen LogP contribution is -2.36. The van der Waals surface area contributed by atoms with Crippen molar-refractivity contribution in [3.63, 3.8) is 0 Å². The standard InChI is InChI=1S/C21H22N2O/c1-3-14-23(15-17-11-9-16(2)10-12-17)21(24)19-8-4-6-18-7-5-13-22-20(18)19/h1,5,7,9-13,19H,4,6,8,14-15H2,2H3/t19-/m0/s1. The second-order valence-corrected chi connectivity index (χ2v) is 6.38. The summed E-state index contributed by atoms with van der Waals surface area (Å²) < 4.78 is 0. The topological polar surface area (TPSA) is 33.2 Å². The number of carbonyl (C=O) groups excluding carboxylic acids is 1. The molecule has 3 heteroatoms. The lowest BCUT2D eigenvalue weighted by atomic mass is 9.85. The number of fused-ring (bicyclic) bond motifs is 1. The molecule has 1 aliphatic carbocycles. The van der Waals surface area contributed by atoms with E-state index in [1.807, 2.05) is 6.07 Å². The Kier molecular flexibility index (Phi) is 4.96. The molecule has 24 heavy (non-hydrogen) atoms. The highest BCUT2D eigenvalue weighted by Gasteiger charge is 2.30. The summed E-state index contributed by atoms with van der Waals surface area (Å²) in [6.45, 7) is 2.92. The summed E-state index contributed by atoms with van der Waals surface area (Å²) >= 11 is 0. The van der Waals surface area contributed by atoms with Crippen molar-refractivity contribution in [1.82, 2.24) is 9.88 Å². The van der Waals surface area contributed by atoms with Crippen LogP contribution in [0.4, 0.5) is 0 Å². The molecular formula is C21H22N2O. The number of pyridine rings is 1. The van der Waals surface area contributed by atoms with Gasteiger partial charge in [-0.15, -0.1) is 6.42 Å². The molecule has 0 aliphatic heterocycles. The van der Waals surface area contributed by atoms with E-state index in [1.165, 1.54) is 11.1 Å². The fraction of sp³-hybridized carbons (Fsp3) is 0.333. The predicted molar refractivity (Wildman–Crippen MR) is 95.3 cm³/mol. The Balaban J connectivity index is 1.82. The van der Waals surface area contributed by atoms with Crippen LogP contribution in [0.15, 0.2) is 42.6 Å². The van der Waals surface area contributed by atoms with Gasteiger partial charge in [-0.2, -0.15) is 0 Å². The molecule has 0 N–H and O–H groups in total. The van der Waals surface area contributed by atoms with Crippen molar-refractivity contribution >= 4 is 5.91 Å². The number of terminal acetylenes is 1. The minimum atomic E-state index is -0.172. The Morgan fingerprint density at radius 1 is 1.33 bits per heavy atom. The highest BCUT2D eigenvalue weighted by atomic mass is 16.2. The van der Waals surface area contributed by atoms with E-state index in [4.69, 9.17) is 6.42 Å². The lowest BCUT2D eigenvalue weighted by Gasteiger charge is -2.29. The zero-order valence-electron chi connectivity index (χ0n) is 14.0. The van der Waals surface area contributed by atoms with Gasteiger partial charge in [-0.1, -0.05) is 41.8 Å².